The van der Waals surface area contributed by atoms with Crippen molar-refractivity contribution in [3.05, 3.63) is 11.1 Å². The molecular weight excluding hydrogens is 406 g/mol. The van der Waals surface area contributed by atoms with Crippen molar-refractivity contribution in [3.63, 3.8) is 0 Å². The number of fused-ring (bicyclic) bond motifs is 2. The molecule has 158 valence electrons. The van der Waals surface area contributed by atoms with E-state index in [9.17, 15) is 4.79 Å². The van der Waals surface area contributed by atoms with E-state index < -0.39 is 0 Å². The van der Waals surface area contributed by atoms with Gasteiger partial charge in [0.05, 0.1) is 0 Å². The second-order valence-corrected chi connectivity index (χ2v) is 11.2. The highest BCUT2D eigenvalue weighted by Gasteiger charge is 2.42. The van der Waals surface area contributed by atoms with Crippen LogP contribution in [0.5, 0.6) is 0 Å². The summed E-state index contributed by atoms with van der Waals surface area (Å²) in [5, 5.41) is 10.5. The number of hydrogen-bond donors (Lipinski definition) is 1. The van der Waals surface area contributed by atoms with Crippen LogP contribution >= 0.6 is 23.3 Å². The maximum absolute atomic E-state index is 12.5. The molecule has 3 fully saturated rings. The summed E-state index contributed by atoms with van der Waals surface area (Å²) >= 11 is 2.99. The number of carbonyl (C=O) groups is 1. The lowest BCUT2D eigenvalue weighted by Crippen LogP contribution is -2.44. The molecule has 29 heavy (non-hydrogen) atoms. The molecular formula is C20H29N5O2S2. The molecule has 0 aromatic carbocycles. The minimum Gasteiger partial charge on any atom is -0.362 e. The molecule has 5 rings (SSSR count). The van der Waals surface area contributed by atoms with Gasteiger partial charge in [0, 0.05) is 24.5 Å². The molecule has 1 N–H and O–H groups in total. The third-order valence-electron chi connectivity index (χ3n) is 7.08. The SMILES string of the molecule is CC1(CC2CCN(C(=O)c3csnn3)CC2)OCN=C(N[C@H]2C[C@@H]3CC[C@H]2C3)S1. The molecule has 2 bridgehead atoms. The van der Waals surface area contributed by atoms with E-state index in [0.29, 0.717) is 24.4 Å². The van der Waals surface area contributed by atoms with Crippen LogP contribution in [0.3, 0.4) is 0 Å². The van der Waals surface area contributed by atoms with Crippen molar-refractivity contribution >= 4 is 34.4 Å². The van der Waals surface area contributed by atoms with Gasteiger partial charge in [-0.3, -0.25) is 4.79 Å². The van der Waals surface area contributed by atoms with Crippen LogP contribution in [0.4, 0.5) is 0 Å². The van der Waals surface area contributed by atoms with Crippen LogP contribution in [0.25, 0.3) is 0 Å². The Morgan fingerprint density at radius 2 is 2.17 bits per heavy atom. The minimum atomic E-state index is -0.239. The molecule has 9 heteroatoms. The molecule has 1 aromatic heterocycles. The zero-order valence-electron chi connectivity index (χ0n) is 16.9. The number of likely N-dealkylation sites (tertiary alicyclic amines) is 1. The van der Waals surface area contributed by atoms with Crippen molar-refractivity contribution in [2.24, 2.45) is 22.7 Å². The van der Waals surface area contributed by atoms with Crippen molar-refractivity contribution in [1.29, 1.82) is 0 Å². The molecule has 0 spiro atoms. The predicted octanol–water partition coefficient (Wildman–Crippen LogP) is 3.35. The Morgan fingerprint density at radius 3 is 2.86 bits per heavy atom. The number of amidine groups is 1. The lowest BCUT2D eigenvalue weighted by molar-refractivity contribution is 0.0160. The molecule has 2 saturated carbocycles. The van der Waals surface area contributed by atoms with Gasteiger partial charge in [-0.05, 0) is 74.7 Å². The summed E-state index contributed by atoms with van der Waals surface area (Å²) in [7, 11) is 0. The lowest BCUT2D eigenvalue weighted by atomic mass is 9.91. The van der Waals surface area contributed by atoms with E-state index in [1.54, 1.807) is 17.1 Å². The van der Waals surface area contributed by atoms with Gasteiger partial charge < -0.3 is 15.0 Å². The van der Waals surface area contributed by atoms with Crippen LogP contribution in [0.1, 0.15) is 62.4 Å². The van der Waals surface area contributed by atoms with Gasteiger partial charge in [0.2, 0.25) is 0 Å². The molecule has 4 aliphatic rings. The maximum Gasteiger partial charge on any atom is 0.275 e. The van der Waals surface area contributed by atoms with Crippen molar-refractivity contribution in [1.82, 2.24) is 19.8 Å². The zero-order chi connectivity index (χ0) is 19.8. The van der Waals surface area contributed by atoms with E-state index in [-0.39, 0.29) is 10.8 Å². The average Bonchev–Trinajstić information content (AvgIpc) is 3.46. The number of hydrogen-bond acceptors (Lipinski definition) is 8. The number of amides is 1. The first-order valence-corrected chi connectivity index (χ1v) is 12.4. The third kappa shape index (κ3) is 4.32. The Labute approximate surface area is 180 Å². The van der Waals surface area contributed by atoms with Crippen LogP contribution < -0.4 is 5.32 Å². The molecule has 1 unspecified atom stereocenters. The largest absolute Gasteiger partial charge is 0.362 e. The smallest absolute Gasteiger partial charge is 0.275 e. The number of aromatic nitrogens is 2. The minimum absolute atomic E-state index is 0.0104. The van der Waals surface area contributed by atoms with Gasteiger partial charge in [-0.1, -0.05) is 22.7 Å². The van der Waals surface area contributed by atoms with Crippen LogP contribution in [0.15, 0.2) is 10.4 Å². The number of carbonyl (C=O) groups excluding carboxylic acids is 1. The Balaban J connectivity index is 1.12. The summed E-state index contributed by atoms with van der Waals surface area (Å²) in [4.78, 5) is 18.7. The number of ether oxygens (including phenoxy) is 1. The van der Waals surface area contributed by atoms with Crippen molar-refractivity contribution in [2.45, 2.75) is 62.8 Å². The fourth-order valence-electron chi connectivity index (χ4n) is 5.53. The van der Waals surface area contributed by atoms with Gasteiger partial charge in [0.25, 0.3) is 5.91 Å². The molecule has 0 radical (unpaired) electrons. The predicted molar refractivity (Wildman–Crippen MR) is 115 cm³/mol. The second kappa shape index (κ2) is 8.15. The van der Waals surface area contributed by atoms with E-state index in [1.807, 2.05) is 4.90 Å². The molecule has 2 aliphatic carbocycles. The van der Waals surface area contributed by atoms with Crippen molar-refractivity contribution in [3.8, 4) is 0 Å². The van der Waals surface area contributed by atoms with E-state index in [2.05, 4.69) is 26.8 Å². The molecule has 1 amide bonds. The monoisotopic (exact) mass is 435 g/mol. The summed E-state index contributed by atoms with van der Waals surface area (Å²) in [6.45, 7) is 4.21. The van der Waals surface area contributed by atoms with Gasteiger partial charge in [0.1, 0.15) is 11.7 Å². The summed E-state index contributed by atoms with van der Waals surface area (Å²) in [5.74, 6) is 2.35. The molecule has 7 nitrogen and oxygen atoms in total. The Morgan fingerprint density at radius 1 is 1.31 bits per heavy atom. The molecule has 3 heterocycles. The maximum atomic E-state index is 12.5. The van der Waals surface area contributed by atoms with Gasteiger partial charge in [-0.15, -0.1) is 5.10 Å². The summed E-state index contributed by atoms with van der Waals surface area (Å²) in [6, 6.07) is 0.608. The highest BCUT2D eigenvalue weighted by molar-refractivity contribution is 8.14. The van der Waals surface area contributed by atoms with Gasteiger partial charge in [-0.2, -0.15) is 0 Å². The average molecular weight is 436 g/mol. The Hall–Kier alpha value is -1.19. The number of nitrogens with zero attached hydrogens (tertiary/aromatic N) is 4. The van der Waals surface area contributed by atoms with Crippen molar-refractivity contribution < 1.29 is 9.53 Å². The van der Waals surface area contributed by atoms with E-state index >= 15 is 0 Å². The molecule has 1 saturated heterocycles. The number of nitrogens with one attached hydrogen (secondary N) is 1. The number of piperidine rings is 1. The van der Waals surface area contributed by atoms with Crippen molar-refractivity contribution in [2.75, 3.05) is 19.8 Å². The summed E-state index contributed by atoms with van der Waals surface area (Å²) in [5.41, 5.74) is 0.471. The topological polar surface area (TPSA) is 79.7 Å². The zero-order valence-corrected chi connectivity index (χ0v) is 18.5. The van der Waals surface area contributed by atoms with Gasteiger partial charge in [0.15, 0.2) is 10.9 Å². The van der Waals surface area contributed by atoms with E-state index in [1.165, 1.54) is 37.2 Å². The lowest BCUT2D eigenvalue weighted by Gasteiger charge is -2.39. The molecule has 2 aliphatic heterocycles. The number of aliphatic imine (C=N–C) groups is 1. The number of rotatable bonds is 4. The molecule has 1 aromatic rings. The fraction of sp³-hybridized carbons (Fsp3) is 0.800. The Kier molecular flexibility index (Phi) is 5.55. The van der Waals surface area contributed by atoms with E-state index in [4.69, 9.17) is 4.74 Å². The van der Waals surface area contributed by atoms with Gasteiger partial charge in [-0.25, -0.2) is 4.99 Å². The fourth-order valence-corrected chi connectivity index (χ4v) is 7.13. The first kappa shape index (κ1) is 19.8. The standard InChI is InChI=1S/C20H29N5O2S2/c1-20(10-13-4-6-25(7-5-13)18(26)17-11-28-24-23-17)27-12-21-19(29-20)22-16-9-14-2-3-15(16)8-14/h11,13-16H,2-10,12H2,1H3,(H,21,22)/t14-,15+,16+,20?/m1/s1. The van der Waals surface area contributed by atoms with Gasteiger partial charge >= 0.3 is 0 Å². The second-order valence-electron chi connectivity index (χ2n) is 9.13. The third-order valence-corrected chi connectivity index (χ3v) is 8.74. The highest BCUT2D eigenvalue weighted by Crippen LogP contribution is 2.45. The van der Waals surface area contributed by atoms with Crippen LogP contribution in [0.2, 0.25) is 0 Å². The van der Waals surface area contributed by atoms with Crippen LogP contribution in [0, 0.1) is 17.8 Å². The highest BCUT2D eigenvalue weighted by atomic mass is 32.2. The first-order valence-electron chi connectivity index (χ1n) is 10.8. The van der Waals surface area contributed by atoms with Crippen LogP contribution in [-0.2, 0) is 4.74 Å². The summed E-state index contributed by atoms with van der Waals surface area (Å²) in [6.07, 6.45) is 8.52. The number of thioether (sulfide) groups is 1. The Bertz CT molecular complexity index is 765. The normalized spacial score (nSPS) is 35.0. The van der Waals surface area contributed by atoms with E-state index in [0.717, 1.165) is 49.4 Å². The molecule has 4 atom stereocenters. The van der Waals surface area contributed by atoms with Crippen LogP contribution in [-0.4, -0.2) is 56.4 Å². The first-order chi connectivity index (χ1) is 14.1. The quantitative estimate of drug-likeness (QED) is 0.781. The summed E-state index contributed by atoms with van der Waals surface area (Å²) < 4.78 is 9.90.